The highest BCUT2D eigenvalue weighted by molar-refractivity contribution is 5.74. The maximum atomic E-state index is 12.6. The van der Waals surface area contributed by atoms with Gasteiger partial charge in [0.05, 0.1) is 18.8 Å². The second kappa shape index (κ2) is 8.56. The SMILES string of the molecule is CCCNc1ccc(CNC(=O)N2CCOC3(CCCCC3)C2)cc1. The van der Waals surface area contributed by atoms with Crippen molar-refractivity contribution < 1.29 is 9.53 Å². The standard InChI is InChI=1S/C20H31N3O2/c1-2-12-21-18-8-6-17(7-9-18)15-22-19(24)23-13-14-25-20(16-23)10-4-3-5-11-20/h6-9,21H,2-5,10-16H2,1H3,(H,22,24). The van der Waals surface area contributed by atoms with Crippen molar-refractivity contribution in [3.8, 4) is 0 Å². The lowest BCUT2D eigenvalue weighted by Gasteiger charge is -2.44. The lowest BCUT2D eigenvalue weighted by atomic mass is 9.83. The number of nitrogens with zero attached hydrogens (tertiary/aromatic N) is 1. The van der Waals surface area contributed by atoms with E-state index in [2.05, 4.69) is 41.8 Å². The summed E-state index contributed by atoms with van der Waals surface area (Å²) in [5.41, 5.74) is 2.17. The smallest absolute Gasteiger partial charge is 0.317 e. The van der Waals surface area contributed by atoms with Crippen molar-refractivity contribution >= 4 is 11.7 Å². The van der Waals surface area contributed by atoms with Crippen LogP contribution in [-0.4, -0.2) is 42.8 Å². The molecule has 1 heterocycles. The average molecular weight is 345 g/mol. The second-order valence-electron chi connectivity index (χ2n) is 7.30. The van der Waals surface area contributed by atoms with Gasteiger partial charge in [0.1, 0.15) is 0 Å². The van der Waals surface area contributed by atoms with Gasteiger partial charge in [-0.2, -0.15) is 0 Å². The molecule has 138 valence electrons. The third-order valence-electron chi connectivity index (χ3n) is 5.28. The van der Waals surface area contributed by atoms with Crippen LogP contribution in [0.15, 0.2) is 24.3 Å². The molecule has 5 nitrogen and oxygen atoms in total. The lowest BCUT2D eigenvalue weighted by Crippen LogP contribution is -2.56. The van der Waals surface area contributed by atoms with E-state index in [0.29, 0.717) is 19.7 Å². The van der Waals surface area contributed by atoms with Gasteiger partial charge in [0.2, 0.25) is 0 Å². The Balaban J connectivity index is 1.48. The first kappa shape index (κ1) is 18.1. The molecule has 25 heavy (non-hydrogen) atoms. The molecular formula is C20H31N3O2. The highest BCUT2D eigenvalue weighted by Gasteiger charge is 2.39. The molecule has 1 aliphatic carbocycles. The third-order valence-corrected chi connectivity index (χ3v) is 5.28. The van der Waals surface area contributed by atoms with Gasteiger partial charge in [0.25, 0.3) is 0 Å². The summed E-state index contributed by atoms with van der Waals surface area (Å²) in [6.45, 7) is 5.78. The minimum atomic E-state index is -0.0829. The zero-order chi connectivity index (χ0) is 17.5. The van der Waals surface area contributed by atoms with Gasteiger partial charge in [0.15, 0.2) is 0 Å². The number of carbonyl (C=O) groups is 1. The molecule has 2 aliphatic rings. The van der Waals surface area contributed by atoms with Gasteiger partial charge in [-0.05, 0) is 37.0 Å². The Morgan fingerprint density at radius 2 is 1.96 bits per heavy atom. The van der Waals surface area contributed by atoms with Gasteiger partial charge in [-0.3, -0.25) is 0 Å². The van der Waals surface area contributed by atoms with Gasteiger partial charge in [-0.15, -0.1) is 0 Å². The third kappa shape index (κ3) is 4.88. The zero-order valence-corrected chi connectivity index (χ0v) is 15.4. The summed E-state index contributed by atoms with van der Waals surface area (Å²) in [4.78, 5) is 14.5. The largest absolute Gasteiger partial charge is 0.385 e. The molecule has 0 radical (unpaired) electrons. The van der Waals surface area contributed by atoms with Crippen LogP contribution in [0.25, 0.3) is 0 Å². The maximum Gasteiger partial charge on any atom is 0.317 e. The number of amides is 2. The Kier molecular flexibility index (Phi) is 6.19. The Morgan fingerprint density at radius 3 is 2.68 bits per heavy atom. The Labute approximate surface area is 151 Å². The Morgan fingerprint density at radius 1 is 1.20 bits per heavy atom. The molecule has 0 bridgehead atoms. The molecule has 2 N–H and O–H groups in total. The van der Waals surface area contributed by atoms with E-state index in [1.807, 2.05) is 4.90 Å². The number of nitrogens with one attached hydrogen (secondary N) is 2. The van der Waals surface area contributed by atoms with Crippen molar-refractivity contribution in [3.05, 3.63) is 29.8 Å². The number of benzene rings is 1. The first-order chi connectivity index (χ1) is 12.2. The van der Waals surface area contributed by atoms with Crippen molar-refractivity contribution in [1.82, 2.24) is 10.2 Å². The molecule has 1 aromatic carbocycles. The van der Waals surface area contributed by atoms with E-state index < -0.39 is 0 Å². The van der Waals surface area contributed by atoms with Gasteiger partial charge in [0, 0.05) is 25.3 Å². The topological polar surface area (TPSA) is 53.6 Å². The molecule has 3 rings (SSSR count). The van der Waals surface area contributed by atoms with Crippen molar-refractivity contribution in [2.75, 3.05) is 31.6 Å². The number of hydrogen-bond acceptors (Lipinski definition) is 3. The molecule has 0 aromatic heterocycles. The summed E-state index contributed by atoms with van der Waals surface area (Å²) in [5, 5.41) is 6.43. The van der Waals surface area contributed by atoms with Gasteiger partial charge < -0.3 is 20.3 Å². The molecule has 2 fully saturated rings. The van der Waals surface area contributed by atoms with E-state index in [9.17, 15) is 4.79 Å². The molecule has 0 unspecified atom stereocenters. The number of ether oxygens (including phenoxy) is 1. The lowest BCUT2D eigenvalue weighted by molar-refractivity contribution is -0.116. The van der Waals surface area contributed by atoms with E-state index in [4.69, 9.17) is 4.74 Å². The molecule has 5 heteroatoms. The zero-order valence-electron chi connectivity index (χ0n) is 15.4. The van der Waals surface area contributed by atoms with Crippen LogP contribution in [0.4, 0.5) is 10.5 Å². The first-order valence-corrected chi connectivity index (χ1v) is 9.70. The van der Waals surface area contributed by atoms with Crippen molar-refractivity contribution in [1.29, 1.82) is 0 Å². The molecule has 1 saturated heterocycles. The van der Waals surface area contributed by atoms with Crippen LogP contribution >= 0.6 is 0 Å². The van der Waals surface area contributed by atoms with Crippen LogP contribution in [-0.2, 0) is 11.3 Å². The van der Waals surface area contributed by atoms with Crippen molar-refractivity contribution in [3.63, 3.8) is 0 Å². The van der Waals surface area contributed by atoms with Crippen LogP contribution in [0.1, 0.15) is 51.0 Å². The summed E-state index contributed by atoms with van der Waals surface area (Å²) >= 11 is 0. The first-order valence-electron chi connectivity index (χ1n) is 9.70. The number of hydrogen-bond donors (Lipinski definition) is 2. The van der Waals surface area contributed by atoms with Crippen molar-refractivity contribution in [2.45, 2.75) is 57.6 Å². The van der Waals surface area contributed by atoms with E-state index in [-0.39, 0.29) is 11.6 Å². The fourth-order valence-electron chi connectivity index (χ4n) is 3.82. The predicted octanol–water partition coefficient (Wildman–Crippen LogP) is 3.75. The van der Waals surface area contributed by atoms with E-state index >= 15 is 0 Å². The number of carbonyl (C=O) groups excluding carboxylic acids is 1. The molecule has 1 aromatic rings. The van der Waals surface area contributed by atoms with Crippen LogP contribution < -0.4 is 10.6 Å². The van der Waals surface area contributed by atoms with E-state index in [0.717, 1.165) is 43.6 Å². The predicted molar refractivity (Wildman–Crippen MR) is 101 cm³/mol. The second-order valence-corrected chi connectivity index (χ2v) is 7.30. The van der Waals surface area contributed by atoms with Gasteiger partial charge in [-0.25, -0.2) is 4.79 Å². The average Bonchev–Trinajstić information content (AvgIpc) is 2.66. The van der Waals surface area contributed by atoms with E-state index in [1.54, 1.807) is 0 Å². The molecule has 1 saturated carbocycles. The molecule has 1 spiro atoms. The minimum absolute atomic E-state index is 0.0291. The Bertz CT molecular complexity index is 547. The van der Waals surface area contributed by atoms with Crippen LogP contribution in [0.5, 0.6) is 0 Å². The quantitative estimate of drug-likeness (QED) is 0.854. The summed E-state index contributed by atoms with van der Waals surface area (Å²) in [7, 11) is 0. The fraction of sp³-hybridized carbons (Fsp3) is 0.650. The molecular weight excluding hydrogens is 314 g/mol. The van der Waals surface area contributed by atoms with Crippen LogP contribution in [0.3, 0.4) is 0 Å². The fourth-order valence-corrected chi connectivity index (χ4v) is 3.82. The molecule has 0 atom stereocenters. The minimum Gasteiger partial charge on any atom is -0.385 e. The number of urea groups is 1. The van der Waals surface area contributed by atoms with Gasteiger partial charge >= 0.3 is 6.03 Å². The highest BCUT2D eigenvalue weighted by Crippen LogP contribution is 2.34. The summed E-state index contributed by atoms with van der Waals surface area (Å²) < 4.78 is 6.07. The summed E-state index contributed by atoms with van der Waals surface area (Å²) in [5.74, 6) is 0. The van der Waals surface area contributed by atoms with Gasteiger partial charge in [-0.1, -0.05) is 38.3 Å². The number of anilines is 1. The van der Waals surface area contributed by atoms with E-state index in [1.165, 1.54) is 19.3 Å². The van der Waals surface area contributed by atoms with Crippen molar-refractivity contribution in [2.24, 2.45) is 0 Å². The normalized spacial score (nSPS) is 19.6. The maximum absolute atomic E-state index is 12.6. The molecule has 1 aliphatic heterocycles. The highest BCUT2D eigenvalue weighted by atomic mass is 16.5. The molecule has 2 amide bonds. The van der Waals surface area contributed by atoms with Crippen LogP contribution in [0, 0.1) is 0 Å². The summed E-state index contributed by atoms with van der Waals surface area (Å²) in [6, 6.07) is 8.31. The monoisotopic (exact) mass is 345 g/mol. The van der Waals surface area contributed by atoms with Crippen LogP contribution in [0.2, 0.25) is 0 Å². The summed E-state index contributed by atoms with van der Waals surface area (Å²) in [6.07, 6.45) is 7.01. The number of morpholine rings is 1. The number of rotatable bonds is 5. The Hall–Kier alpha value is -1.75.